The number of phosphoric acid groups is 1. The van der Waals surface area contributed by atoms with Crippen molar-refractivity contribution in [3.8, 4) is 0 Å². The first-order chi connectivity index (χ1) is 37.4. The van der Waals surface area contributed by atoms with E-state index in [4.69, 9.17) is 37.5 Å². The molecule has 3 fully saturated rings. The zero-order valence-corrected chi connectivity index (χ0v) is 47.3. The molecule has 2 aliphatic heterocycles. The molecule has 0 aromatic carbocycles. The number of hydrogen-bond donors (Lipinski definition) is 12. The van der Waals surface area contributed by atoms with E-state index in [-0.39, 0.29) is 12.8 Å². The molecule has 1 saturated carbocycles. The molecule has 0 aromatic rings. The standard InChI is InChI=1S/C54H101O23P/c1-3-5-7-9-11-13-15-17-18-19-21-22-24-26-28-30-39(57)70-34-36(72-40(58)31-29-27-25-23-20-16-14-12-10-8-6-4-2)35-71-78(68,69)77-52-50(75-53-48(66)43(61)41(59)37(32-55)73-53)46(64)45(63)47(65)51(52)76-54-49(67)44(62)42(60)38(33-56)74-54/h36-38,41-56,59-67H,3-35H2,1-2H3,(H,68,69). The minimum Gasteiger partial charge on any atom is -0.462 e. The van der Waals surface area contributed by atoms with Crippen LogP contribution >= 0.6 is 7.82 Å². The first-order valence-corrected chi connectivity index (χ1v) is 30.9. The van der Waals surface area contributed by atoms with Crippen LogP contribution in [0.5, 0.6) is 0 Å². The predicted molar refractivity (Wildman–Crippen MR) is 282 cm³/mol. The third-order valence-electron chi connectivity index (χ3n) is 14.9. The Labute approximate surface area is 461 Å². The van der Waals surface area contributed by atoms with Crippen LogP contribution in [-0.4, -0.2) is 204 Å². The molecule has 1 aliphatic carbocycles. The van der Waals surface area contributed by atoms with Crippen LogP contribution in [0.3, 0.4) is 0 Å². The quantitative estimate of drug-likeness (QED) is 0.0235. The average Bonchev–Trinajstić information content (AvgIpc) is 3.47. The summed E-state index contributed by atoms with van der Waals surface area (Å²) < 4.78 is 58.1. The summed E-state index contributed by atoms with van der Waals surface area (Å²) in [6, 6.07) is 0. The van der Waals surface area contributed by atoms with Crippen LogP contribution in [0.4, 0.5) is 0 Å². The fraction of sp³-hybridized carbons (Fsp3) is 0.963. The Morgan fingerprint density at radius 2 is 0.769 bits per heavy atom. The highest BCUT2D eigenvalue weighted by Gasteiger charge is 2.58. The lowest BCUT2D eigenvalue weighted by molar-refractivity contribution is -0.360. The lowest BCUT2D eigenvalue weighted by Gasteiger charge is -2.49. The highest BCUT2D eigenvalue weighted by molar-refractivity contribution is 7.47. The van der Waals surface area contributed by atoms with Crippen molar-refractivity contribution in [1.82, 2.24) is 0 Å². The zero-order chi connectivity index (χ0) is 57.5. The van der Waals surface area contributed by atoms with Gasteiger partial charge >= 0.3 is 19.8 Å². The second kappa shape index (κ2) is 39.8. The number of hydrogen-bond acceptors (Lipinski definition) is 22. The van der Waals surface area contributed by atoms with E-state index in [0.717, 1.165) is 57.8 Å². The molecule has 3 aliphatic rings. The van der Waals surface area contributed by atoms with Crippen molar-refractivity contribution in [2.45, 2.75) is 304 Å². The molecule has 0 radical (unpaired) electrons. The van der Waals surface area contributed by atoms with E-state index >= 15 is 0 Å². The summed E-state index contributed by atoms with van der Waals surface area (Å²) in [4.78, 5) is 37.4. The van der Waals surface area contributed by atoms with E-state index in [1.807, 2.05) is 0 Å². The lowest BCUT2D eigenvalue weighted by atomic mass is 9.84. The molecular formula is C54H101O23P. The Kier molecular flexibility index (Phi) is 36.1. The van der Waals surface area contributed by atoms with Gasteiger partial charge in [0.05, 0.1) is 19.8 Å². The third-order valence-corrected chi connectivity index (χ3v) is 15.9. The highest BCUT2D eigenvalue weighted by Crippen LogP contribution is 2.49. The summed E-state index contributed by atoms with van der Waals surface area (Å²) in [6.45, 7) is 1.01. The van der Waals surface area contributed by atoms with Crippen molar-refractivity contribution in [2.75, 3.05) is 26.4 Å². The van der Waals surface area contributed by atoms with Gasteiger partial charge in [-0.3, -0.25) is 18.6 Å². The molecule has 23 nitrogen and oxygen atoms in total. The van der Waals surface area contributed by atoms with Gasteiger partial charge in [-0.05, 0) is 12.8 Å². The molecule has 0 bridgehead atoms. The summed E-state index contributed by atoms with van der Waals surface area (Å²) >= 11 is 0. The number of aliphatic hydroxyl groups excluding tert-OH is 11. The summed E-state index contributed by atoms with van der Waals surface area (Å²) in [7, 11) is -5.63. The molecule has 2 heterocycles. The average molecular weight is 1150 g/mol. The van der Waals surface area contributed by atoms with E-state index in [0.29, 0.717) is 12.8 Å². The van der Waals surface area contributed by atoms with E-state index < -0.39 is 150 Å². The Bertz CT molecular complexity index is 1560. The van der Waals surface area contributed by atoms with Crippen LogP contribution in [0.25, 0.3) is 0 Å². The van der Waals surface area contributed by atoms with Gasteiger partial charge in [0.1, 0.15) is 92.1 Å². The van der Waals surface area contributed by atoms with E-state index in [1.165, 1.54) is 103 Å². The van der Waals surface area contributed by atoms with E-state index in [2.05, 4.69) is 13.8 Å². The molecule has 0 spiro atoms. The van der Waals surface area contributed by atoms with Crippen molar-refractivity contribution in [3.63, 3.8) is 0 Å². The Morgan fingerprint density at radius 3 is 1.13 bits per heavy atom. The maximum atomic E-state index is 14.0. The fourth-order valence-electron chi connectivity index (χ4n) is 10.0. The SMILES string of the molecule is CCCCCCCCCCCCCCCCCC(=O)OCC(COP(=O)(O)OC1C(OC2OC(CO)C(O)C(O)C2O)C(O)C(O)C(O)C1OC1OC(CO)C(O)C(O)C1O)OC(=O)CCCCCCCCCCCCCC. The number of unbranched alkanes of at least 4 members (excludes halogenated alkanes) is 25. The van der Waals surface area contributed by atoms with Crippen LogP contribution in [0.15, 0.2) is 0 Å². The number of carbonyl (C=O) groups is 2. The maximum Gasteiger partial charge on any atom is 0.472 e. The lowest BCUT2D eigenvalue weighted by Crippen LogP contribution is -2.69. The third kappa shape index (κ3) is 25.5. The molecule has 24 heteroatoms. The van der Waals surface area contributed by atoms with Gasteiger partial charge in [0.25, 0.3) is 0 Å². The zero-order valence-electron chi connectivity index (χ0n) is 46.5. The van der Waals surface area contributed by atoms with Gasteiger partial charge in [0.15, 0.2) is 18.7 Å². The molecule has 16 unspecified atom stereocenters. The fourth-order valence-corrected chi connectivity index (χ4v) is 11.0. The van der Waals surface area contributed by atoms with E-state index in [1.54, 1.807) is 0 Å². The molecule has 0 aromatic heterocycles. The van der Waals surface area contributed by atoms with Crippen molar-refractivity contribution in [3.05, 3.63) is 0 Å². The van der Waals surface area contributed by atoms with E-state index in [9.17, 15) is 75.2 Å². The highest BCUT2D eigenvalue weighted by atomic mass is 31.2. The number of ether oxygens (including phenoxy) is 6. The van der Waals surface area contributed by atoms with Crippen LogP contribution < -0.4 is 0 Å². The smallest absolute Gasteiger partial charge is 0.462 e. The topological polar surface area (TPSA) is 368 Å². The van der Waals surface area contributed by atoms with Crippen LogP contribution in [0, 0.1) is 0 Å². The summed E-state index contributed by atoms with van der Waals surface area (Å²) in [5, 5.41) is 117. The van der Waals surface area contributed by atoms with Crippen molar-refractivity contribution in [2.24, 2.45) is 0 Å². The van der Waals surface area contributed by atoms with Gasteiger partial charge in [-0.2, -0.15) is 0 Å². The second-order valence-corrected chi connectivity index (χ2v) is 22.9. The minimum absolute atomic E-state index is 0.0254. The number of carbonyl (C=O) groups excluding carboxylic acids is 2. The van der Waals surface area contributed by atoms with Crippen LogP contribution in [-0.2, 0) is 51.6 Å². The Hall–Kier alpha value is -1.55. The maximum absolute atomic E-state index is 14.0. The molecule has 0 amide bonds. The molecule has 2 saturated heterocycles. The molecule has 12 N–H and O–H groups in total. The molecule has 3 rings (SSSR count). The summed E-state index contributed by atoms with van der Waals surface area (Å²) in [5.41, 5.74) is 0. The largest absolute Gasteiger partial charge is 0.472 e. The van der Waals surface area contributed by atoms with Gasteiger partial charge in [-0.1, -0.05) is 174 Å². The minimum atomic E-state index is -5.63. The molecular weight excluding hydrogens is 1050 g/mol. The second-order valence-electron chi connectivity index (χ2n) is 21.5. The summed E-state index contributed by atoms with van der Waals surface area (Å²) in [6.07, 6.45) is -4.79. The Balaban J connectivity index is 1.70. The molecule has 460 valence electrons. The molecule has 78 heavy (non-hydrogen) atoms. The Morgan fingerprint density at radius 1 is 0.436 bits per heavy atom. The van der Waals surface area contributed by atoms with Gasteiger partial charge in [-0.15, -0.1) is 0 Å². The van der Waals surface area contributed by atoms with Crippen LogP contribution in [0.2, 0.25) is 0 Å². The predicted octanol–water partition coefficient (Wildman–Crippen LogP) is 3.76. The number of phosphoric ester groups is 1. The van der Waals surface area contributed by atoms with Crippen molar-refractivity contribution in [1.29, 1.82) is 0 Å². The van der Waals surface area contributed by atoms with Gasteiger partial charge < -0.3 is 89.5 Å². The van der Waals surface area contributed by atoms with Crippen molar-refractivity contribution >= 4 is 19.8 Å². The normalized spacial score (nSPS) is 31.7. The number of aliphatic hydroxyl groups is 11. The number of rotatable bonds is 43. The molecule has 16 atom stereocenters. The monoisotopic (exact) mass is 1150 g/mol. The van der Waals surface area contributed by atoms with Gasteiger partial charge in [0, 0.05) is 12.8 Å². The summed E-state index contributed by atoms with van der Waals surface area (Å²) in [5.74, 6) is -1.32. The van der Waals surface area contributed by atoms with Gasteiger partial charge in [0.2, 0.25) is 0 Å². The van der Waals surface area contributed by atoms with Crippen molar-refractivity contribution < 1.29 is 113 Å². The first-order valence-electron chi connectivity index (χ1n) is 29.4. The van der Waals surface area contributed by atoms with Gasteiger partial charge in [-0.25, -0.2) is 4.57 Å². The number of esters is 2. The first kappa shape index (κ1) is 70.7. The van der Waals surface area contributed by atoms with Crippen LogP contribution in [0.1, 0.15) is 200 Å².